The summed E-state index contributed by atoms with van der Waals surface area (Å²) >= 11 is 0. The first-order valence-electron chi connectivity index (χ1n) is 5.13. The molecule has 1 aromatic heterocycles. The van der Waals surface area contributed by atoms with Crippen LogP contribution in [-0.4, -0.2) is 37.2 Å². The van der Waals surface area contributed by atoms with E-state index in [2.05, 4.69) is 9.84 Å². The van der Waals surface area contributed by atoms with E-state index in [0.717, 1.165) is 0 Å². The highest BCUT2D eigenvalue weighted by Crippen LogP contribution is 2.11. The van der Waals surface area contributed by atoms with E-state index < -0.39 is 21.7 Å². The van der Waals surface area contributed by atoms with Gasteiger partial charge in [0.25, 0.3) is 0 Å². The molecule has 1 atom stereocenters. The average molecular weight is 275 g/mol. The van der Waals surface area contributed by atoms with Crippen LogP contribution < -0.4 is 0 Å². The van der Waals surface area contributed by atoms with Crippen molar-refractivity contribution in [3.8, 4) is 0 Å². The number of aryl methyl sites for hydroxylation is 1. The highest BCUT2D eigenvalue weighted by Gasteiger charge is 2.18. The van der Waals surface area contributed by atoms with Crippen molar-refractivity contribution in [2.24, 2.45) is 0 Å². The minimum atomic E-state index is -1.51. The summed E-state index contributed by atoms with van der Waals surface area (Å²) in [6, 6.07) is 1.28. The molecule has 0 saturated carbocycles. The predicted molar refractivity (Wildman–Crippen MR) is 63.3 cm³/mol. The first kappa shape index (κ1) is 14.3. The highest BCUT2D eigenvalue weighted by molar-refractivity contribution is 7.84. The van der Waals surface area contributed by atoms with Crippen LogP contribution in [0.25, 0.3) is 0 Å². The molecule has 0 saturated heterocycles. The van der Waals surface area contributed by atoms with Crippen LogP contribution in [0.1, 0.15) is 12.6 Å². The van der Waals surface area contributed by atoms with E-state index in [1.165, 1.54) is 10.7 Å². The molecule has 1 aromatic rings. The summed E-state index contributed by atoms with van der Waals surface area (Å²) in [5.74, 6) is -1.19. The number of rotatable bonds is 6. The molecule has 100 valence electrons. The molecule has 0 spiro atoms. The van der Waals surface area contributed by atoms with Crippen molar-refractivity contribution in [3.63, 3.8) is 0 Å². The lowest BCUT2D eigenvalue weighted by molar-refractivity contribution is -0.389. The zero-order chi connectivity index (χ0) is 13.7. The molecule has 0 radical (unpaired) electrons. The van der Waals surface area contributed by atoms with Crippen molar-refractivity contribution in [2.75, 3.05) is 12.4 Å². The molecule has 8 nitrogen and oxygen atoms in total. The van der Waals surface area contributed by atoms with Gasteiger partial charge in [-0.3, -0.25) is 9.00 Å². The van der Waals surface area contributed by atoms with Gasteiger partial charge in [-0.1, -0.05) is 0 Å². The fourth-order valence-electron chi connectivity index (χ4n) is 1.23. The summed E-state index contributed by atoms with van der Waals surface area (Å²) in [4.78, 5) is 21.0. The fourth-order valence-corrected chi connectivity index (χ4v) is 2.20. The monoisotopic (exact) mass is 275 g/mol. The first-order chi connectivity index (χ1) is 8.43. The minimum Gasteiger partial charge on any atom is -0.465 e. The Kier molecular flexibility index (Phi) is 4.95. The first-order valence-corrected chi connectivity index (χ1v) is 6.62. The standard InChI is InChI=1S/C9H13N3O5S/c1-3-17-9(13)5-18(16)6-11-7(2)4-8(10-11)12(14)15/h4H,3,5-6H2,1-2H3/t18-/m0/s1. The van der Waals surface area contributed by atoms with Crippen LogP contribution in [0.4, 0.5) is 5.82 Å². The van der Waals surface area contributed by atoms with Gasteiger partial charge >= 0.3 is 11.8 Å². The van der Waals surface area contributed by atoms with Crippen LogP contribution in [0.15, 0.2) is 6.07 Å². The highest BCUT2D eigenvalue weighted by atomic mass is 32.2. The molecule has 0 aliphatic carbocycles. The zero-order valence-electron chi connectivity index (χ0n) is 9.99. The SMILES string of the molecule is CCOC(=O)C[S@](=O)Cn1nc([N+](=O)[O-])cc1C. The van der Waals surface area contributed by atoms with Crippen LogP contribution in [0.5, 0.6) is 0 Å². The number of nitrogens with zero attached hydrogens (tertiary/aromatic N) is 3. The molecule has 1 rings (SSSR count). The van der Waals surface area contributed by atoms with Gasteiger partial charge in [0.15, 0.2) is 0 Å². The summed E-state index contributed by atoms with van der Waals surface area (Å²) in [5.41, 5.74) is 0.513. The molecule has 0 bridgehead atoms. The van der Waals surface area contributed by atoms with Crippen LogP contribution in [-0.2, 0) is 26.2 Å². The van der Waals surface area contributed by atoms with Crippen molar-refractivity contribution >= 4 is 22.6 Å². The summed E-state index contributed by atoms with van der Waals surface area (Å²) < 4.78 is 17.5. The van der Waals surface area contributed by atoms with Crippen LogP contribution >= 0.6 is 0 Å². The Bertz CT molecular complexity index is 485. The molecule has 0 aliphatic heterocycles. The number of hydrogen-bond donors (Lipinski definition) is 0. The van der Waals surface area contributed by atoms with Gasteiger partial charge in [0.05, 0.1) is 34.3 Å². The Balaban J connectivity index is 2.64. The Hall–Kier alpha value is -1.77. The number of carbonyl (C=O) groups excluding carboxylic acids is 1. The topological polar surface area (TPSA) is 104 Å². The van der Waals surface area contributed by atoms with Crippen molar-refractivity contribution in [2.45, 2.75) is 19.7 Å². The summed E-state index contributed by atoms with van der Waals surface area (Å²) in [7, 11) is -1.51. The lowest BCUT2D eigenvalue weighted by Crippen LogP contribution is -2.18. The zero-order valence-corrected chi connectivity index (χ0v) is 10.8. The molecule has 1 heterocycles. The van der Waals surface area contributed by atoms with E-state index in [1.807, 2.05) is 0 Å². The van der Waals surface area contributed by atoms with Crippen molar-refractivity contribution in [3.05, 3.63) is 21.9 Å². The van der Waals surface area contributed by atoms with E-state index in [0.29, 0.717) is 5.69 Å². The molecule has 0 fully saturated rings. The Morgan fingerprint density at radius 1 is 1.67 bits per heavy atom. The van der Waals surface area contributed by atoms with Crippen LogP contribution in [0, 0.1) is 17.0 Å². The van der Waals surface area contributed by atoms with Crippen LogP contribution in [0.3, 0.4) is 0 Å². The van der Waals surface area contributed by atoms with Gasteiger partial charge in [0.2, 0.25) is 0 Å². The normalized spacial score (nSPS) is 12.1. The fraction of sp³-hybridized carbons (Fsp3) is 0.556. The number of nitro groups is 1. The third-order valence-corrected chi connectivity index (χ3v) is 3.10. The molecule has 0 aromatic carbocycles. The number of esters is 1. The second-order valence-corrected chi connectivity index (χ2v) is 4.85. The van der Waals surface area contributed by atoms with Gasteiger partial charge < -0.3 is 14.9 Å². The Morgan fingerprint density at radius 3 is 2.83 bits per heavy atom. The molecule has 18 heavy (non-hydrogen) atoms. The molecule has 0 N–H and O–H groups in total. The molecule has 0 aliphatic rings. The van der Waals surface area contributed by atoms with Gasteiger partial charge in [0.1, 0.15) is 11.6 Å². The van der Waals surface area contributed by atoms with Crippen LogP contribution in [0.2, 0.25) is 0 Å². The minimum absolute atomic E-state index is 0.0709. The Morgan fingerprint density at radius 2 is 2.33 bits per heavy atom. The summed E-state index contributed by atoms with van der Waals surface area (Å²) in [6.07, 6.45) is 0. The van der Waals surface area contributed by atoms with Gasteiger partial charge in [-0.15, -0.1) is 0 Å². The lowest BCUT2D eigenvalue weighted by atomic mass is 10.5. The second-order valence-electron chi connectivity index (χ2n) is 3.42. The smallest absolute Gasteiger partial charge is 0.390 e. The number of hydrogen-bond acceptors (Lipinski definition) is 6. The van der Waals surface area contributed by atoms with Crippen molar-refractivity contribution in [1.82, 2.24) is 9.78 Å². The maximum atomic E-state index is 11.6. The third kappa shape index (κ3) is 3.91. The summed E-state index contributed by atoms with van der Waals surface area (Å²) in [6.45, 7) is 3.49. The van der Waals surface area contributed by atoms with Crippen molar-refractivity contribution in [1.29, 1.82) is 0 Å². The number of ether oxygens (including phenoxy) is 1. The third-order valence-electron chi connectivity index (χ3n) is 2.01. The molecular formula is C9H13N3O5S. The number of carbonyl (C=O) groups is 1. The Labute approximate surface area is 106 Å². The predicted octanol–water partition coefficient (Wildman–Crippen LogP) is 0.369. The largest absolute Gasteiger partial charge is 0.465 e. The van der Waals surface area contributed by atoms with E-state index in [1.54, 1.807) is 13.8 Å². The average Bonchev–Trinajstić information content (AvgIpc) is 2.60. The number of aromatic nitrogens is 2. The van der Waals surface area contributed by atoms with Gasteiger partial charge in [-0.2, -0.15) is 4.68 Å². The van der Waals surface area contributed by atoms with Gasteiger partial charge in [-0.05, 0) is 18.8 Å². The molecule has 0 amide bonds. The second kappa shape index (κ2) is 6.24. The van der Waals surface area contributed by atoms with E-state index in [9.17, 15) is 19.1 Å². The lowest BCUT2D eigenvalue weighted by Gasteiger charge is -2.01. The molecule has 9 heteroatoms. The maximum absolute atomic E-state index is 11.6. The quantitative estimate of drug-likeness (QED) is 0.422. The van der Waals surface area contributed by atoms with E-state index in [4.69, 9.17) is 0 Å². The van der Waals surface area contributed by atoms with E-state index in [-0.39, 0.29) is 24.1 Å². The van der Waals surface area contributed by atoms with E-state index >= 15 is 0 Å². The summed E-state index contributed by atoms with van der Waals surface area (Å²) in [5, 5.41) is 14.2. The van der Waals surface area contributed by atoms with Gasteiger partial charge in [-0.25, -0.2) is 0 Å². The van der Waals surface area contributed by atoms with Crippen molar-refractivity contribution < 1.29 is 18.7 Å². The molecule has 0 unspecified atom stereocenters. The van der Waals surface area contributed by atoms with Gasteiger partial charge in [0, 0.05) is 0 Å². The maximum Gasteiger partial charge on any atom is 0.390 e. The molecular weight excluding hydrogens is 262 g/mol.